The summed E-state index contributed by atoms with van der Waals surface area (Å²) >= 11 is 0. The third-order valence-electron chi connectivity index (χ3n) is 2.71. The normalized spacial score (nSPS) is 10.5. The zero-order chi connectivity index (χ0) is 14.8. The van der Waals surface area contributed by atoms with Crippen molar-refractivity contribution in [3.8, 4) is 11.8 Å². The Bertz CT molecular complexity index is 839. The molecule has 0 bridgehead atoms. The van der Waals surface area contributed by atoms with Crippen molar-refractivity contribution in [2.24, 2.45) is 0 Å². The van der Waals surface area contributed by atoms with Gasteiger partial charge in [-0.2, -0.15) is 4.98 Å². The van der Waals surface area contributed by atoms with Crippen LogP contribution in [0, 0.1) is 5.82 Å². The van der Waals surface area contributed by atoms with E-state index < -0.39 is 11.8 Å². The van der Waals surface area contributed by atoms with Crippen LogP contribution in [0.2, 0.25) is 0 Å². The smallest absolute Gasteiger partial charge is 0.341 e. The van der Waals surface area contributed by atoms with Crippen LogP contribution in [0.1, 0.15) is 10.4 Å². The molecule has 0 atom stereocenters. The van der Waals surface area contributed by atoms with E-state index in [4.69, 9.17) is 9.84 Å². The van der Waals surface area contributed by atoms with Gasteiger partial charge in [-0.3, -0.25) is 0 Å². The van der Waals surface area contributed by atoms with Crippen LogP contribution < -0.4 is 4.74 Å². The summed E-state index contributed by atoms with van der Waals surface area (Å²) in [5, 5.41) is 16.7. The Morgan fingerprint density at radius 2 is 1.86 bits per heavy atom. The van der Waals surface area contributed by atoms with Crippen molar-refractivity contribution in [2.75, 3.05) is 0 Å². The molecular weight excluding hydrogens is 277 g/mol. The maximum Gasteiger partial charge on any atom is 0.341 e. The molecule has 6 nitrogen and oxygen atoms in total. The van der Waals surface area contributed by atoms with Crippen LogP contribution in [0.3, 0.4) is 0 Å². The summed E-state index contributed by atoms with van der Waals surface area (Å²) in [7, 11) is 0. The fourth-order valence-corrected chi connectivity index (χ4v) is 1.77. The van der Waals surface area contributed by atoms with Gasteiger partial charge in [-0.15, -0.1) is 5.10 Å². The molecule has 1 N–H and O–H groups in total. The average Bonchev–Trinajstić information content (AvgIpc) is 2.49. The predicted molar refractivity (Wildman–Crippen MR) is 70.8 cm³/mol. The van der Waals surface area contributed by atoms with Crippen LogP contribution in [0.4, 0.5) is 4.39 Å². The summed E-state index contributed by atoms with van der Waals surface area (Å²) in [6, 6.07) is 10.1. The first-order valence-corrected chi connectivity index (χ1v) is 5.93. The first-order valence-electron chi connectivity index (χ1n) is 5.93. The van der Waals surface area contributed by atoms with Crippen LogP contribution in [-0.2, 0) is 0 Å². The number of carbonyl (C=O) groups is 1. The van der Waals surface area contributed by atoms with E-state index >= 15 is 0 Å². The minimum Gasteiger partial charge on any atom is -0.478 e. The van der Waals surface area contributed by atoms with Gasteiger partial charge in [0, 0.05) is 0 Å². The highest BCUT2D eigenvalue weighted by molar-refractivity contribution is 5.91. The number of carboxylic acids is 1. The Hall–Kier alpha value is -3.09. The molecule has 0 aliphatic carbocycles. The van der Waals surface area contributed by atoms with Gasteiger partial charge in [0.1, 0.15) is 22.6 Å². The van der Waals surface area contributed by atoms with Crippen LogP contribution in [-0.4, -0.2) is 26.3 Å². The third kappa shape index (κ3) is 2.62. The minimum absolute atomic E-state index is 0.0546. The first-order chi connectivity index (χ1) is 10.1. The first kappa shape index (κ1) is 12.9. The molecule has 0 saturated carbocycles. The van der Waals surface area contributed by atoms with Crippen LogP contribution in [0.25, 0.3) is 11.0 Å². The predicted octanol–water partition coefficient (Wildman–Crippen LogP) is 2.65. The zero-order valence-electron chi connectivity index (χ0n) is 10.5. The van der Waals surface area contributed by atoms with Crippen LogP contribution in [0.5, 0.6) is 11.8 Å². The van der Waals surface area contributed by atoms with Crippen molar-refractivity contribution < 1.29 is 19.0 Å². The lowest BCUT2D eigenvalue weighted by atomic mass is 10.2. The van der Waals surface area contributed by atoms with Crippen LogP contribution in [0.15, 0.2) is 42.5 Å². The van der Waals surface area contributed by atoms with Gasteiger partial charge < -0.3 is 9.84 Å². The number of aromatic nitrogens is 3. The fraction of sp³-hybridized carbons (Fsp3) is 0. The summed E-state index contributed by atoms with van der Waals surface area (Å²) in [6.07, 6.45) is 0. The van der Waals surface area contributed by atoms with Crippen molar-refractivity contribution in [1.29, 1.82) is 0 Å². The van der Waals surface area contributed by atoms with E-state index in [1.807, 2.05) is 0 Å². The summed E-state index contributed by atoms with van der Waals surface area (Å²) < 4.78 is 18.4. The number of hydrogen-bond donors (Lipinski definition) is 1. The number of aromatic carboxylic acids is 1. The number of benzene rings is 2. The van der Waals surface area contributed by atoms with Gasteiger partial charge in [-0.1, -0.05) is 17.2 Å². The van der Waals surface area contributed by atoms with Crippen LogP contribution >= 0.6 is 0 Å². The molecule has 0 saturated heterocycles. The van der Waals surface area contributed by atoms with E-state index in [2.05, 4.69) is 15.2 Å². The number of para-hydroxylation sites is 1. The maximum absolute atomic E-state index is 13.1. The lowest BCUT2D eigenvalue weighted by Gasteiger charge is -2.07. The van der Waals surface area contributed by atoms with Gasteiger partial charge in [-0.05, 0) is 30.3 Å². The Morgan fingerprint density at radius 1 is 1.10 bits per heavy atom. The minimum atomic E-state index is -1.31. The molecule has 0 amide bonds. The highest BCUT2D eigenvalue weighted by Crippen LogP contribution is 2.24. The molecule has 2 aromatic carbocycles. The monoisotopic (exact) mass is 285 g/mol. The largest absolute Gasteiger partial charge is 0.478 e. The second-order valence-corrected chi connectivity index (χ2v) is 4.13. The van der Waals surface area contributed by atoms with Crippen molar-refractivity contribution in [3.63, 3.8) is 0 Å². The molecule has 3 aromatic rings. The third-order valence-corrected chi connectivity index (χ3v) is 2.71. The summed E-state index contributed by atoms with van der Waals surface area (Å²) in [5.41, 5.74) is 0.829. The van der Waals surface area contributed by atoms with Gasteiger partial charge in [0.05, 0.1) is 5.52 Å². The molecule has 1 heterocycles. The Labute approximate surface area is 117 Å². The fourth-order valence-electron chi connectivity index (χ4n) is 1.77. The van der Waals surface area contributed by atoms with E-state index in [9.17, 15) is 9.18 Å². The standard InChI is InChI=1S/C14H8FN3O3/c15-8-5-6-12(9(7-8)13(19)20)21-14-16-10-3-1-2-4-11(10)17-18-14/h1-7H,(H,19,20). The van der Waals surface area contributed by atoms with Gasteiger partial charge in [0.2, 0.25) is 0 Å². The van der Waals surface area contributed by atoms with E-state index in [0.29, 0.717) is 11.0 Å². The second-order valence-electron chi connectivity index (χ2n) is 4.13. The molecular formula is C14H8FN3O3. The number of halogens is 1. The highest BCUT2D eigenvalue weighted by Gasteiger charge is 2.14. The van der Waals surface area contributed by atoms with Gasteiger partial charge in [0.25, 0.3) is 0 Å². The van der Waals surface area contributed by atoms with Gasteiger partial charge in [-0.25, -0.2) is 9.18 Å². The number of ether oxygens (including phenoxy) is 1. The molecule has 3 rings (SSSR count). The molecule has 0 fully saturated rings. The summed E-state index contributed by atoms with van der Waals surface area (Å²) in [4.78, 5) is 15.2. The zero-order valence-corrected chi connectivity index (χ0v) is 10.5. The lowest BCUT2D eigenvalue weighted by molar-refractivity contribution is 0.0693. The van der Waals surface area contributed by atoms with E-state index in [1.54, 1.807) is 24.3 Å². The Balaban J connectivity index is 2.00. The summed E-state index contributed by atoms with van der Waals surface area (Å²) in [5.74, 6) is -2.03. The average molecular weight is 285 g/mol. The molecule has 7 heteroatoms. The van der Waals surface area contributed by atoms with E-state index in [1.165, 1.54) is 6.07 Å². The SMILES string of the molecule is O=C(O)c1cc(F)ccc1Oc1nnc2ccccc2n1. The van der Waals surface area contributed by atoms with Crippen molar-refractivity contribution >= 4 is 17.0 Å². The lowest BCUT2D eigenvalue weighted by Crippen LogP contribution is -2.03. The molecule has 0 unspecified atom stereocenters. The van der Waals surface area contributed by atoms with E-state index in [-0.39, 0.29) is 17.3 Å². The molecule has 0 radical (unpaired) electrons. The van der Waals surface area contributed by atoms with Crippen molar-refractivity contribution in [2.45, 2.75) is 0 Å². The van der Waals surface area contributed by atoms with E-state index in [0.717, 1.165) is 12.1 Å². The van der Waals surface area contributed by atoms with Crippen molar-refractivity contribution in [3.05, 3.63) is 53.8 Å². The number of carboxylic acid groups (broad SMARTS) is 1. The Kier molecular flexibility index (Phi) is 3.15. The quantitative estimate of drug-likeness (QED) is 0.796. The molecule has 0 aliphatic heterocycles. The molecule has 21 heavy (non-hydrogen) atoms. The number of fused-ring (bicyclic) bond motifs is 1. The second kappa shape index (κ2) is 5.12. The number of hydrogen-bond acceptors (Lipinski definition) is 5. The number of nitrogens with zero attached hydrogens (tertiary/aromatic N) is 3. The van der Waals surface area contributed by atoms with Gasteiger partial charge in [0.15, 0.2) is 0 Å². The number of rotatable bonds is 3. The maximum atomic E-state index is 13.1. The Morgan fingerprint density at radius 3 is 2.62 bits per heavy atom. The molecule has 1 aromatic heterocycles. The van der Waals surface area contributed by atoms with Crippen molar-refractivity contribution in [1.82, 2.24) is 15.2 Å². The van der Waals surface area contributed by atoms with Gasteiger partial charge >= 0.3 is 12.0 Å². The highest BCUT2D eigenvalue weighted by atomic mass is 19.1. The molecule has 0 spiro atoms. The molecule has 104 valence electrons. The summed E-state index contributed by atoms with van der Waals surface area (Å²) in [6.45, 7) is 0. The topological polar surface area (TPSA) is 85.2 Å². The molecule has 0 aliphatic rings.